The van der Waals surface area contributed by atoms with Gasteiger partial charge in [0, 0.05) is 22.7 Å². The summed E-state index contributed by atoms with van der Waals surface area (Å²) in [6.45, 7) is 9.79. The molecule has 156 valence electrons. The number of aromatic nitrogens is 1. The van der Waals surface area contributed by atoms with Crippen molar-refractivity contribution in [3.63, 3.8) is 0 Å². The van der Waals surface area contributed by atoms with Crippen LogP contribution in [0.2, 0.25) is 0 Å². The van der Waals surface area contributed by atoms with Crippen LogP contribution in [0.4, 0.5) is 0 Å². The standard InChI is InChI=1S/C26H31N3O/c1-18-17-22(21-14-8-9-15-23(21)27-18)25(30)28-24(20-12-6-5-7-13-20)26(3,4)29-16-10-11-19(29)2/h5-9,12-15,17,19,24H,10-11,16H2,1-4H3,(H,28,30). The number of benzene rings is 2. The fraction of sp³-hybridized carbons (Fsp3) is 0.385. The Morgan fingerprint density at radius 2 is 1.83 bits per heavy atom. The first-order valence-corrected chi connectivity index (χ1v) is 10.9. The first-order chi connectivity index (χ1) is 14.4. The van der Waals surface area contributed by atoms with Crippen LogP contribution in [0.5, 0.6) is 0 Å². The first-order valence-electron chi connectivity index (χ1n) is 10.9. The Balaban J connectivity index is 1.74. The molecule has 4 rings (SSSR count). The molecule has 1 aliphatic heterocycles. The van der Waals surface area contributed by atoms with Crippen LogP contribution in [0.1, 0.15) is 61.3 Å². The zero-order valence-electron chi connectivity index (χ0n) is 18.4. The van der Waals surface area contributed by atoms with Gasteiger partial charge in [-0.25, -0.2) is 0 Å². The number of nitrogens with zero attached hydrogens (tertiary/aromatic N) is 2. The number of carbonyl (C=O) groups excluding carboxylic acids is 1. The monoisotopic (exact) mass is 401 g/mol. The molecule has 3 aromatic rings. The number of hydrogen-bond donors (Lipinski definition) is 1. The van der Waals surface area contributed by atoms with Crippen LogP contribution in [-0.4, -0.2) is 33.9 Å². The second-order valence-electron chi connectivity index (χ2n) is 8.98. The SMILES string of the molecule is Cc1cc(C(=O)NC(c2ccccc2)C(C)(C)N2CCCC2C)c2ccccc2n1. The highest BCUT2D eigenvalue weighted by Gasteiger charge is 2.41. The number of hydrogen-bond acceptors (Lipinski definition) is 3. The molecule has 0 saturated carbocycles. The van der Waals surface area contributed by atoms with Gasteiger partial charge in [-0.1, -0.05) is 48.5 Å². The van der Waals surface area contributed by atoms with Gasteiger partial charge in [0.05, 0.1) is 17.1 Å². The van der Waals surface area contributed by atoms with Crippen molar-refractivity contribution in [1.29, 1.82) is 0 Å². The number of fused-ring (bicyclic) bond motifs is 1. The lowest BCUT2D eigenvalue weighted by atomic mass is 9.86. The lowest BCUT2D eigenvalue weighted by Gasteiger charge is -2.45. The maximum absolute atomic E-state index is 13.6. The summed E-state index contributed by atoms with van der Waals surface area (Å²) >= 11 is 0. The number of para-hydroxylation sites is 1. The van der Waals surface area contributed by atoms with Gasteiger partial charge < -0.3 is 5.32 Å². The topological polar surface area (TPSA) is 45.2 Å². The molecule has 2 unspecified atom stereocenters. The lowest BCUT2D eigenvalue weighted by molar-refractivity contribution is 0.0633. The van der Waals surface area contributed by atoms with Crippen LogP contribution in [0, 0.1) is 6.92 Å². The van der Waals surface area contributed by atoms with Crippen molar-refractivity contribution in [1.82, 2.24) is 15.2 Å². The quantitative estimate of drug-likeness (QED) is 0.633. The van der Waals surface area contributed by atoms with Crippen LogP contribution in [0.25, 0.3) is 10.9 Å². The second-order valence-corrected chi connectivity index (χ2v) is 8.98. The average molecular weight is 402 g/mol. The largest absolute Gasteiger partial charge is 0.343 e. The average Bonchev–Trinajstić information content (AvgIpc) is 3.18. The van der Waals surface area contributed by atoms with Crippen molar-refractivity contribution < 1.29 is 4.79 Å². The van der Waals surface area contributed by atoms with E-state index >= 15 is 0 Å². The minimum Gasteiger partial charge on any atom is -0.343 e. The van der Waals surface area contributed by atoms with Gasteiger partial charge >= 0.3 is 0 Å². The molecule has 2 aromatic carbocycles. The Hall–Kier alpha value is -2.72. The molecule has 1 fully saturated rings. The van der Waals surface area contributed by atoms with Crippen LogP contribution in [0.3, 0.4) is 0 Å². The summed E-state index contributed by atoms with van der Waals surface area (Å²) in [5.41, 5.74) is 3.30. The van der Waals surface area contributed by atoms with Gasteiger partial charge in [-0.3, -0.25) is 14.7 Å². The molecule has 1 aromatic heterocycles. The molecule has 1 amide bonds. The number of pyridine rings is 1. The summed E-state index contributed by atoms with van der Waals surface area (Å²) in [5.74, 6) is -0.0505. The first kappa shape index (κ1) is 20.5. The van der Waals surface area contributed by atoms with Crippen molar-refractivity contribution in [2.75, 3.05) is 6.54 Å². The highest BCUT2D eigenvalue weighted by molar-refractivity contribution is 6.06. The zero-order chi connectivity index (χ0) is 21.3. The molecule has 0 aliphatic carbocycles. The molecular weight excluding hydrogens is 370 g/mol. The van der Waals surface area contributed by atoms with E-state index in [1.54, 1.807) is 0 Å². The van der Waals surface area contributed by atoms with Gasteiger partial charge in [0.15, 0.2) is 0 Å². The smallest absolute Gasteiger partial charge is 0.252 e. The van der Waals surface area contributed by atoms with Crippen molar-refractivity contribution in [3.8, 4) is 0 Å². The predicted octanol–water partition coefficient (Wildman–Crippen LogP) is 5.28. The molecule has 2 atom stereocenters. The number of likely N-dealkylation sites (tertiary alicyclic amines) is 1. The summed E-state index contributed by atoms with van der Waals surface area (Å²) < 4.78 is 0. The summed E-state index contributed by atoms with van der Waals surface area (Å²) in [6.07, 6.45) is 2.40. The molecular formula is C26H31N3O. The van der Waals surface area contributed by atoms with Gasteiger partial charge in [0.1, 0.15) is 0 Å². The second kappa shape index (κ2) is 8.19. The molecule has 4 nitrogen and oxygen atoms in total. The third kappa shape index (κ3) is 3.84. The van der Waals surface area contributed by atoms with E-state index in [9.17, 15) is 4.79 Å². The van der Waals surface area contributed by atoms with Gasteiger partial charge in [-0.2, -0.15) is 0 Å². The molecule has 30 heavy (non-hydrogen) atoms. The highest BCUT2D eigenvalue weighted by Crippen LogP contribution is 2.36. The van der Waals surface area contributed by atoms with Gasteiger partial charge in [-0.05, 0) is 64.8 Å². The molecule has 0 spiro atoms. The van der Waals surface area contributed by atoms with Crippen molar-refractivity contribution >= 4 is 16.8 Å². The normalized spacial score (nSPS) is 18.5. The Morgan fingerprint density at radius 1 is 1.13 bits per heavy atom. The highest BCUT2D eigenvalue weighted by atomic mass is 16.1. The summed E-state index contributed by atoms with van der Waals surface area (Å²) in [7, 11) is 0. The minimum absolute atomic E-state index is 0.0505. The van der Waals surface area contributed by atoms with Crippen molar-refractivity contribution in [2.45, 2.75) is 58.2 Å². The fourth-order valence-corrected chi connectivity index (χ4v) is 4.97. The molecule has 4 heteroatoms. The number of rotatable bonds is 5. The third-order valence-electron chi connectivity index (χ3n) is 6.50. The molecule has 1 N–H and O–H groups in total. The van der Waals surface area contributed by atoms with E-state index in [2.05, 4.69) is 48.1 Å². The maximum atomic E-state index is 13.6. The van der Waals surface area contributed by atoms with E-state index < -0.39 is 0 Å². The fourth-order valence-electron chi connectivity index (χ4n) is 4.97. The van der Waals surface area contributed by atoms with E-state index in [-0.39, 0.29) is 17.5 Å². The molecule has 1 aliphatic rings. The van der Waals surface area contributed by atoms with E-state index in [0.29, 0.717) is 11.6 Å². The van der Waals surface area contributed by atoms with Crippen LogP contribution in [0.15, 0.2) is 60.7 Å². The van der Waals surface area contributed by atoms with Crippen molar-refractivity contribution in [3.05, 3.63) is 77.5 Å². The number of nitrogens with one attached hydrogen (secondary N) is 1. The molecule has 0 radical (unpaired) electrons. The van der Waals surface area contributed by atoms with Crippen molar-refractivity contribution in [2.24, 2.45) is 0 Å². The third-order valence-corrected chi connectivity index (χ3v) is 6.50. The van der Waals surface area contributed by atoms with E-state index in [1.165, 1.54) is 12.8 Å². The summed E-state index contributed by atoms with van der Waals surface area (Å²) in [5, 5.41) is 4.29. The zero-order valence-corrected chi connectivity index (χ0v) is 18.4. The van der Waals surface area contributed by atoms with E-state index in [0.717, 1.165) is 28.7 Å². The number of aryl methyl sites for hydroxylation is 1. The van der Waals surface area contributed by atoms with Gasteiger partial charge in [0.2, 0.25) is 0 Å². The van der Waals surface area contributed by atoms with Crippen LogP contribution in [-0.2, 0) is 0 Å². The number of carbonyl (C=O) groups is 1. The van der Waals surface area contributed by atoms with Gasteiger partial charge in [0.25, 0.3) is 5.91 Å². The Bertz CT molecular complexity index is 1040. The molecule has 2 heterocycles. The number of amides is 1. The maximum Gasteiger partial charge on any atom is 0.252 e. The predicted molar refractivity (Wildman–Crippen MR) is 123 cm³/mol. The molecule has 1 saturated heterocycles. The molecule has 0 bridgehead atoms. The minimum atomic E-state index is -0.217. The van der Waals surface area contributed by atoms with Crippen LogP contribution >= 0.6 is 0 Å². The van der Waals surface area contributed by atoms with Crippen LogP contribution < -0.4 is 5.32 Å². The Morgan fingerprint density at radius 3 is 2.53 bits per heavy atom. The van der Waals surface area contributed by atoms with E-state index in [4.69, 9.17) is 0 Å². The Kier molecular flexibility index (Phi) is 5.61. The summed E-state index contributed by atoms with van der Waals surface area (Å²) in [4.78, 5) is 20.7. The Labute approximate surface area is 179 Å². The lowest BCUT2D eigenvalue weighted by Crippen LogP contribution is -2.54. The van der Waals surface area contributed by atoms with Gasteiger partial charge in [-0.15, -0.1) is 0 Å². The summed E-state index contributed by atoms with van der Waals surface area (Å²) in [6, 6.07) is 20.5. The van der Waals surface area contributed by atoms with E-state index in [1.807, 2.05) is 55.5 Å².